The lowest BCUT2D eigenvalue weighted by Crippen LogP contribution is -1.87. The lowest BCUT2D eigenvalue weighted by molar-refractivity contribution is 1.56. The monoisotopic (exact) mass is 532 g/mol. The summed E-state index contributed by atoms with van der Waals surface area (Å²) in [6.45, 7) is 0. The molecule has 0 bridgehead atoms. The summed E-state index contributed by atoms with van der Waals surface area (Å²) in [5.41, 5.74) is 9.80. The molecule has 196 valence electrons. The molecule has 0 fully saturated rings. The van der Waals surface area contributed by atoms with Crippen LogP contribution in [0.1, 0.15) is 0 Å². The first-order valence-corrected chi connectivity index (χ1v) is 14.5. The van der Waals surface area contributed by atoms with Crippen molar-refractivity contribution >= 4 is 32.3 Å². The van der Waals surface area contributed by atoms with E-state index in [0.717, 1.165) is 0 Å². The van der Waals surface area contributed by atoms with Gasteiger partial charge in [0.05, 0.1) is 0 Å². The molecule has 0 spiro atoms. The molecule has 0 atom stereocenters. The summed E-state index contributed by atoms with van der Waals surface area (Å²) in [5.74, 6) is 0. The molecule has 0 aliphatic heterocycles. The van der Waals surface area contributed by atoms with Gasteiger partial charge in [-0.3, -0.25) is 0 Å². The molecule has 42 heavy (non-hydrogen) atoms. The molecular formula is C42H28. The van der Waals surface area contributed by atoms with Crippen LogP contribution in [0.15, 0.2) is 170 Å². The summed E-state index contributed by atoms with van der Waals surface area (Å²) >= 11 is 0. The molecule has 0 nitrogen and oxygen atoms in total. The number of hydrogen-bond donors (Lipinski definition) is 0. The van der Waals surface area contributed by atoms with E-state index in [2.05, 4.69) is 170 Å². The highest BCUT2D eigenvalue weighted by molar-refractivity contribution is 6.25. The van der Waals surface area contributed by atoms with Crippen molar-refractivity contribution in [2.45, 2.75) is 0 Å². The predicted molar refractivity (Wildman–Crippen MR) is 181 cm³/mol. The quantitative estimate of drug-likeness (QED) is 0.198. The zero-order valence-corrected chi connectivity index (χ0v) is 23.2. The van der Waals surface area contributed by atoms with Crippen LogP contribution in [0, 0.1) is 0 Å². The topological polar surface area (TPSA) is 0 Å². The van der Waals surface area contributed by atoms with Gasteiger partial charge < -0.3 is 0 Å². The molecule has 0 N–H and O–H groups in total. The van der Waals surface area contributed by atoms with Gasteiger partial charge in [-0.2, -0.15) is 0 Å². The Balaban J connectivity index is 1.23. The third-order valence-corrected chi connectivity index (χ3v) is 8.44. The van der Waals surface area contributed by atoms with E-state index in [4.69, 9.17) is 0 Å². The van der Waals surface area contributed by atoms with Crippen LogP contribution in [0.2, 0.25) is 0 Å². The molecule has 0 heteroatoms. The Morgan fingerprint density at radius 1 is 0.167 bits per heavy atom. The zero-order valence-electron chi connectivity index (χ0n) is 23.2. The van der Waals surface area contributed by atoms with Crippen LogP contribution < -0.4 is 0 Å². The van der Waals surface area contributed by atoms with Gasteiger partial charge in [-0.15, -0.1) is 0 Å². The first-order valence-electron chi connectivity index (χ1n) is 14.5. The van der Waals surface area contributed by atoms with E-state index in [-0.39, 0.29) is 0 Å². The molecule has 0 aliphatic carbocycles. The number of rotatable bonds is 4. The van der Waals surface area contributed by atoms with E-state index < -0.39 is 0 Å². The Morgan fingerprint density at radius 2 is 0.476 bits per heavy atom. The van der Waals surface area contributed by atoms with Crippen LogP contribution in [0.25, 0.3) is 76.8 Å². The van der Waals surface area contributed by atoms with Crippen molar-refractivity contribution in [1.29, 1.82) is 0 Å². The van der Waals surface area contributed by atoms with Crippen molar-refractivity contribution in [3.05, 3.63) is 170 Å². The highest BCUT2D eigenvalue weighted by Gasteiger charge is 2.11. The summed E-state index contributed by atoms with van der Waals surface area (Å²) in [6.07, 6.45) is 0. The van der Waals surface area contributed by atoms with Crippen molar-refractivity contribution < 1.29 is 0 Å². The summed E-state index contributed by atoms with van der Waals surface area (Å²) in [7, 11) is 0. The number of fused-ring (bicyclic) bond motifs is 6. The molecule has 0 unspecified atom stereocenters. The highest BCUT2D eigenvalue weighted by atomic mass is 14.1. The minimum absolute atomic E-state index is 1.21. The van der Waals surface area contributed by atoms with Crippen LogP contribution in [-0.4, -0.2) is 0 Å². The van der Waals surface area contributed by atoms with Crippen molar-refractivity contribution in [2.24, 2.45) is 0 Å². The first kappa shape index (κ1) is 24.3. The van der Waals surface area contributed by atoms with Gasteiger partial charge in [0, 0.05) is 0 Å². The van der Waals surface area contributed by atoms with Gasteiger partial charge in [-0.1, -0.05) is 146 Å². The van der Waals surface area contributed by atoms with Crippen molar-refractivity contribution in [3.8, 4) is 44.5 Å². The Hall–Kier alpha value is -5.46. The standard InChI is InChI=1S/C42H28/c1-3-11-29(12-4-1)34-25-35(30-13-5-2-6-14-30)27-36(26-34)32-21-19-31(20-22-32)33-23-24-41-39-17-8-7-15-37(39)38-16-9-10-18-40(38)42(41)28-33/h1-28H. The largest absolute Gasteiger partial charge is 0.0622 e. The first-order chi connectivity index (χ1) is 20.8. The molecule has 8 rings (SSSR count). The Morgan fingerprint density at radius 3 is 0.929 bits per heavy atom. The molecule has 0 aliphatic rings. The second kappa shape index (κ2) is 10.2. The van der Waals surface area contributed by atoms with E-state index >= 15 is 0 Å². The van der Waals surface area contributed by atoms with E-state index in [1.807, 2.05) is 0 Å². The molecule has 8 aromatic carbocycles. The lowest BCUT2D eigenvalue weighted by Gasteiger charge is -2.13. The average molecular weight is 533 g/mol. The normalized spacial score (nSPS) is 11.3. The van der Waals surface area contributed by atoms with Gasteiger partial charge >= 0.3 is 0 Å². The van der Waals surface area contributed by atoms with Crippen LogP contribution in [-0.2, 0) is 0 Å². The maximum Gasteiger partial charge on any atom is -0.00928 e. The van der Waals surface area contributed by atoms with Gasteiger partial charge in [-0.05, 0) is 101 Å². The fraction of sp³-hybridized carbons (Fsp3) is 0. The fourth-order valence-electron chi connectivity index (χ4n) is 6.33. The second-order valence-electron chi connectivity index (χ2n) is 11.0. The maximum atomic E-state index is 2.36. The maximum absolute atomic E-state index is 2.36. The van der Waals surface area contributed by atoms with E-state index in [1.165, 1.54) is 76.8 Å². The minimum atomic E-state index is 1.21. The zero-order chi connectivity index (χ0) is 27.9. The van der Waals surface area contributed by atoms with Crippen LogP contribution in [0.5, 0.6) is 0 Å². The van der Waals surface area contributed by atoms with Crippen LogP contribution >= 0.6 is 0 Å². The molecular weight excluding hydrogens is 504 g/mol. The third-order valence-electron chi connectivity index (χ3n) is 8.44. The predicted octanol–water partition coefficient (Wildman–Crippen LogP) is 11.8. The number of benzene rings is 8. The van der Waals surface area contributed by atoms with Gasteiger partial charge in [0.15, 0.2) is 0 Å². The molecule has 0 aromatic heterocycles. The summed E-state index contributed by atoms with van der Waals surface area (Å²) < 4.78 is 0. The molecule has 0 amide bonds. The minimum Gasteiger partial charge on any atom is -0.0622 e. The van der Waals surface area contributed by atoms with Crippen molar-refractivity contribution in [3.63, 3.8) is 0 Å². The van der Waals surface area contributed by atoms with Gasteiger partial charge in [-0.25, -0.2) is 0 Å². The molecule has 0 heterocycles. The second-order valence-corrected chi connectivity index (χ2v) is 11.0. The van der Waals surface area contributed by atoms with Gasteiger partial charge in [0.2, 0.25) is 0 Å². The fourth-order valence-corrected chi connectivity index (χ4v) is 6.33. The summed E-state index contributed by atoms with van der Waals surface area (Å²) in [4.78, 5) is 0. The molecule has 8 aromatic rings. The van der Waals surface area contributed by atoms with Crippen LogP contribution in [0.3, 0.4) is 0 Å². The van der Waals surface area contributed by atoms with E-state index in [9.17, 15) is 0 Å². The molecule has 0 saturated heterocycles. The molecule has 0 radical (unpaired) electrons. The SMILES string of the molecule is c1ccc(-c2cc(-c3ccccc3)cc(-c3ccc(-c4ccc5c6ccccc6c6ccccc6c5c4)cc3)c2)cc1. The lowest BCUT2D eigenvalue weighted by atomic mass is 9.91. The summed E-state index contributed by atoms with van der Waals surface area (Å²) in [5, 5.41) is 7.83. The smallest absolute Gasteiger partial charge is 0.00928 e. The molecule has 0 saturated carbocycles. The van der Waals surface area contributed by atoms with E-state index in [0.29, 0.717) is 0 Å². The van der Waals surface area contributed by atoms with Gasteiger partial charge in [0.1, 0.15) is 0 Å². The van der Waals surface area contributed by atoms with E-state index in [1.54, 1.807) is 0 Å². The van der Waals surface area contributed by atoms with Crippen molar-refractivity contribution in [1.82, 2.24) is 0 Å². The summed E-state index contributed by atoms with van der Waals surface area (Å²) in [6, 6.07) is 61.7. The Labute approximate surface area is 246 Å². The Kier molecular flexibility index (Phi) is 5.90. The van der Waals surface area contributed by atoms with Gasteiger partial charge in [0.25, 0.3) is 0 Å². The van der Waals surface area contributed by atoms with Crippen LogP contribution in [0.4, 0.5) is 0 Å². The Bertz CT molecular complexity index is 2110. The van der Waals surface area contributed by atoms with Crippen molar-refractivity contribution in [2.75, 3.05) is 0 Å². The third kappa shape index (κ3) is 4.26. The number of hydrogen-bond acceptors (Lipinski definition) is 0. The average Bonchev–Trinajstić information content (AvgIpc) is 3.09. The highest BCUT2D eigenvalue weighted by Crippen LogP contribution is 2.38.